The summed E-state index contributed by atoms with van der Waals surface area (Å²) >= 11 is 0. The predicted octanol–water partition coefficient (Wildman–Crippen LogP) is 2.27. The summed E-state index contributed by atoms with van der Waals surface area (Å²) in [5.74, 6) is -1.57. The van der Waals surface area contributed by atoms with Gasteiger partial charge in [-0.1, -0.05) is 31.0 Å². The van der Waals surface area contributed by atoms with Crippen molar-refractivity contribution in [2.75, 3.05) is 0 Å². The van der Waals surface area contributed by atoms with Crippen molar-refractivity contribution in [1.82, 2.24) is 25.2 Å². The fraction of sp³-hybridized carbons (Fsp3) is 0.478. The molecule has 166 valence electrons. The molecule has 1 saturated carbocycles. The van der Waals surface area contributed by atoms with Crippen LogP contribution in [0.3, 0.4) is 0 Å². The highest BCUT2D eigenvalue weighted by atomic mass is 16.2. The number of piperidine rings is 1. The van der Waals surface area contributed by atoms with Crippen LogP contribution < -0.4 is 5.32 Å². The second-order valence-electron chi connectivity index (χ2n) is 9.26. The first-order valence-electron chi connectivity index (χ1n) is 11.1. The minimum absolute atomic E-state index is 0.0926. The van der Waals surface area contributed by atoms with Crippen LogP contribution in [0.25, 0.3) is 11.3 Å². The second-order valence-corrected chi connectivity index (χ2v) is 9.26. The van der Waals surface area contributed by atoms with Gasteiger partial charge in [0.25, 0.3) is 11.8 Å². The third-order valence-electron chi connectivity index (χ3n) is 7.38. The molecular weight excluding hydrogens is 410 g/mol. The number of benzene rings is 1. The minimum Gasteiger partial charge on any atom is -0.295 e. The Morgan fingerprint density at radius 3 is 2.59 bits per heavy atom. The highest BCUT2D eigenvalue weighted by Gasteiger charge is 2.44. The van der Waals surface area contributed by atoms with Crippen LogP contribution in [0.4, 0.5) is 0 Å². The molecule has 1 aromatic carbocycles. The number of fused-ring (bicyclic) bond motifs is 1. The summed E-state index contributed by atoms with van der Waals surface area (Å²) in [7, 11) is 0. The van der Waals surface area contributed by atoms with E-state index in [1.165, 1.54) is 6.42 Å². The number of hydrogen-bond acceptors (Lipinski definition) is 6. The quantitative estimate of drug-likeness (QED) is 0.740. The number of aromatic nitrogens is 3. The van der Waals surface area contributed by atoms with Crippen molar-refractivity contribution in [3.8, 4) is 11.3 Å². The molecule has 1 N–H and O–H groups in total. The largest absolute Gasteiger partial charge is 0.295 e. The molecule has 9 nitrogen and oxygen atoms in total. The van der Waals surface area contributed by atoms with Gasteiger partial charge in [0.15, 0.2) is 0 Å². The molecule has 3 heterocycles. The molecule has 1 aliphatic carbocycles. The Morgan fingerprint density at radius 1 is 1.06 bits per heavy atom. The summed E-state index contributed by atoms with van der Waals surface area (Å²) < 4.78 is 1.93. The Balaban J connectivity index is 1.44. The minimum atomic E-state index is -0.975. The molecule has 2 aromatic rings. The van der Waals surface area contributed by atoms with Gasteiger partial charge in [-0.25, -0.2) is 4.68 Å². The van der Waals surface area contributed by atoms with Crippen LogP contribution in [-0.4, -0.2) is 49.6 Å². The summed E-state index contributed by atoms with van der Waals surface area (Å²) in [5.41, 5.74) is 1.71. The summed E-state index contributed by atoms with van der Waals surface area (Å²) in [6, 6.07) is 4.01. The molecule has 3 aliphatic rings. The van der Waals surface area contributed by atoms with Crippen LogP contribution in [0.5, 0.6) is 0 Å². The normalized spacial score (nSPS) is 28.1. The molecule has 4 amide bonds. The number of carbonyl (C=O) groups excluding carboxylic acids is 4. The van der Waals surface area contributed by atoms with Crippen LogP contribution >= 0.6 is 0 Å². The van der Waals surface area contributed by atoms with Crippen LogP contribution in [0.2, 0.25) is 0 Å². The van der Waals surface area contributed by atoms with E-state index in [4.69, 9.17) is 0 Å². The Hall–Kier alpha value is -3.36. The summed E-state index contributed by atoms with van der Waals surface area (Å²) in [6.07, 6.45) is 6.70. The molecule has 9 heteroatoms. The first-order valence-corrected chi connectivity index (χ1v) is 11.1. The average Bonchev–Trinajstić information content (AvgIpc) is 3.36. The topological polar surface area (TPSA) is 114 Å². The summed E-state index contributed by atoms with van der Waals surface area (Å²) in [4.78, 5) is 50.6. The van der Waals surface area contributed by atoms with E-state index in [9.17, 15) is 19.2 Å². The van der Waals surface area contributed by atoms with Gasteiger partial charge >= 0.3 is 0 Å². The molecule has 2 fully saturated rings. The molecule has 1 saturated heterocycles. The second kappa shape index (κ2) is 7.36. The zero-order valence-corrected chi connectivity index (χ0v) is 18.1. The molecule has 32 heavy (non-hydrogen) atoms. The number of nitrogens with zero attached hydrogens (tertiary/aromatic N) is 4. The number of amides is 4. The molecule has 2 aliphatic heterocycles. The maximum Gasteiger partial charge on any atom is 0.262 e. The SMILES string of the molecule is CC1CCCCC1(C)n1cc(-c2ccc3c(c2)C(=O)N(C2CCC(=O)NC2=O)C3=O)nn1. The van der Waals surface area contributed by atoms with Crippen molar-refractivity contribution in [2.45, 2.75) is 64.0 Å². The van der Waals surface area contributed by atoms with Crippen molar-refractivity contribution in [2.24, 2.45) is 5.92 Å². The van der Waals surface area contributed by atoms with Gasteiger partial charge in [-0.05, 0) is 44.2 Å². The van der Waals surface area contributed by atoms with E-state index in [2.05, 4.69) is 29.5 Å². The Labute approximate surface area is 185 Å². The summed E-state index contributed by atoms with van der Waals surface area (Å²) in [5, 5.41) is 10.9. The van der Waals surface area contributed by atoms with Crippen molar-refractivity contribution >= 4 is 23.6 Å². The van der Waals surface area contributed by atoms with E-state index in [0.717, 1.165) is 24.2 Å². The fourth-order valence-corrected chi connectivity index (χ4v) is 5.11. The van der Waals surface area contributed by atoms with Gasteiger partial charge in [0.1, 0.15) is 11.7 Å². The molecule has 0 bridgehead atoms. The molecule has 0 radical (unpaired) electrons. The van der Waals surface area contributed by atoms with Crippen LogP contribution in [0, 0.1) is 5.92 Å². The first kappa shape index (κ1) is 20.5. The van der Waals surface area contributed by atoms with E-state index in [1.54, 1.807) is 18.2 Å². The number of hydrogen-bond donors (Lipinski definition) is 1. The number of carbonyl (C=O) groups is 4. The molecule has 1 aromatic heterocycles. The predicted molar refractivity (Wildman–Crippen MR) is 113 cm³/mol. The van der Waals surface area contributed by atoms with Crippen molar-refractivity contribution < 1.29 is 19.2 Å². The van der Waals surface area contributed by atoms with Gasteiger partial charge in [-0.15, -0.1) is 5.10 Å². The number of nitrogens with one attached hydrogen (secondary N) is 1. The Morgan fingerprint density at radius 2 is 1.84 bits per heavy atom. The third kappa shape index (κ3) is 3.06. The van der Waals surface area contributed by atoms with E-state index in [-0.39, 0.29) is 29.5 Å². The van der Waals surface area contributed by atoms with E-state index >= 15 is 0 Å². The van der Waals surface area contributed by atoms with Gasteiger partial charge in [-0.2, -0.15) is 0 Å². The smallest absolute Gasteiger partial charge is 0.262 e. The molecule has 3 atom stereocenters. The molecular formula is C23H25N5O4. The monoisotopic (exact) mass is 435 g/mol. The molecule has 3 unspecified atom stereocenters. The Kier molecular flexibility index (Phi) is 4.72. The van der Waals surface area contributed by atoms with Gasteiger partial charge in [0, 0.05) is 12.0 Å². The third-order valence-corrected chi connectivity index (χ3v) is 7.38. The lowest BCUT2D eigenvalue weighted by Crippen LogP contribution is -2.54. The molecule has 0 spiro atoms. The lowest BCUT2D eigenvalue weighted by atomic mass is 9.75. The van der Waals surface area contributed by atoms with Gasteiger partial charge in [0.2, 0.25) is 11.8 Å². The van der Waals surface area contributed by atoms with Gasteiger partial charge in [-0.3, -0.25) is 29.4 Å². The van der Waals surface area contributed by atoms with Crippen molar-refractivity contribution in [3.05, 3.63) is 35.5 Å². The highest BCUT2D eigenvalue weighted by Crippen LogP contribution is 2.39. The standard InChI is InChI=1S/C23H25N5O4/c1-13-5-3-4-10-23(13,2)27-12-17(25-26-27)14-6-7-15-16(11-14)22(32)28(21(15)31)18-8-9-19(29)24-20(18)30/h6-7,11-13,18H,3-5,8-10H2,1-2H3,(H,24,29,30). The fourth-order valence-electron chi connectivity index (χ4n) is 5.11. The molecule has 5 rings (SSSR count). The average molecular weight is 435 g/mol. The van der Waals surface area contributed by atoms with E-state index in [0.29, 0.717) is 17.2 Å². The number of imide groups is 2. The first-order chi connectivity index (χ1) is 15.3. The number of rotatable bonds is 3. The van der Waals surface area contributed by atoms with Crippen molar-refractivity contribution in [1.29, 1.82) is 0 Å². The maximum atomic E-state index is 13.1. The van der Waals surface area contributed by atoms with Crippen LogP contribution in [0.15, 0.2) is 24.4 Å². The Bertz CT molecular complexity index is 1160. The van der Waals surface area contributed by atoms with E-state index in [1.807, 2.05) is 10.9 Å². The van der Waals surface area contributed by atoms with Crippen molar-refractivity contribution in [3.63, 3.8) is 0 Å². The van der Waals surface area contributed by atoms with Gasteiger partial charge in [0.05, 0.1) is 22.9 Å². The summed E-state index contributed by atoms with van der Waals surface area (Å²) in [6.45, 7) is 4.45. The zero-order chi connectivity index (χ0) is 22.6. The maximum absolute atomic E-state index is 13.1. The van der Waals surface area contributed by atoms with E-state index < -0.39 is 29.7 Å². The van der Waals surface area contributed by atoms with Crippen LogP contribution in [0.1, 0.15) is 73.1 Å². The van der Waals surface area contributed by atoms with Crippen LogP contribution in [-0.2, 0) is 15.1 Å². The highest BCUT2D eigenvalue weighted by molar-refractivity contribution is 6.23. The zero-order valence-electron chi connectivity index (χ0n) is 18.1. The lowest BCUT2D eigenvalue weighted by molar-refractivity contribution is -0.136. The van der Waals surface area contributed by atoms with Gasteiger partial charge < -0.3 is 0 Å². The lowest BCUT2D eigenvalue weighted by Gasteiger charge is -2.39.